The van der Waals surface area contributed by atoms with Crippen molar-refractivity contribution >= 4 is 24.9 Å². The predicted octanol–water partition coefficient (Wildman–Crippen LogP) is 2.53. The van der Waals surface area contributed by atoms with Crippen LogP contribution in [0.2, 0.25) is 0 Å². The summed E-state index contributed by atoms with van der Waals surface area (Å²) in [6, 6.07) is 17.9. The minimum Gasteiger partial charge on any atom is -0.870 e. The smallest absolute Gasteiger partial charge is 0.870 e. The van der Waals surface area contributed by atoms with Gasteiger partial charge in [-0.2, -0.15) is 0 Å². The molecule has 0 amide bonds. The molecule has 8 N–H and O–H groups in total. The van der Waals surface area contributed by atoms with E-state index < -0.39 is 23.0 Å². The maximum atomic E-state index is 11.9. The van der Waals surface area contributed by atoms with Gasteiger partial charge in [0.1, 0.15) is 23.0 Å². The largest absolute Gasteiger partial charge is 2.00 e. The number of aromatic hydroxyl groups is 4. The molecule has 0 unspecified atom stereocenters. The summed E-state index contributed by atoms with van der Waals surface area (Å²) in [7, 11) is 0. The summed E-state index contributed by atoms with van der Waals surface area (Å²) in [4.78, 5) is 18.0. The summed E-state index contributed by atoms with van der Waals surface area (Å²) in [6.45, 7) is 0. The molecule has 0 aromatic heterocycles. The molecule has 14 nitrogen and oxygen atoms in total. The summed E-state index contributed by atoms with van der Waals surface area (Å²) in [5.74, 6) is -2.94. The fourth-order valence-electron chi connectivity index (χ4n) is 6.16. The molecule has 2 fully saturated rings. The molecule has 16 heteroatoms. The third kappa shape index (κ3) is 13.0. The topological polar surface area (TPSA) is 286 Å². The van der Waals surface area contributed by atoms with Crippen molar-refractivity contribution in [3.8, 4) is 46.0 Å². The number of aliphatic imine (C=N–C) groups is 4. The number of hydrogen-bond donors (Lipinski definition) is 4. The standard InChI is InChI=1S/2C20H22N2O4.2Cu.2H2O/c2*23-17-9-3-5-13(19(17)25)11-21-15-7-1-2-8-16(15)22-12-14-6-4-10-18(24)20(14)26;;;;/h2*3-6,9-12,15-16,23-26H,1-2,7-8H2;;;2*1H2/q;;2*+2;;/p-4/t2*15-,16-;;;;/m11..../s1. The number of nitrogens with zero attached hydrogens (tertiary/aromatic N) is 4. The Labute approximate surface area is 346 Å². The van der Waals surface area contributed by atoms with Gasteiger partial charge in [-0.05, 0) is 72.2 Å². The van der Waals surface area contributed by atoms with E-state index in [1.807, 2.05) is 0 Å². The zero-order valence-corrected chi connectivity index (χ0v) is 31.9. The normalized spacial score (nSPS) is 19.3. The van der Waals surface area contributed by atoms with Crippen LogP contribution in [-0.2, 0) is 34.1 Å². The van der Waals surface area contributed by atoms with Crippen LogP contribution in [0.5, 0.6) is 46.0 Å². The van der Waals surface area contributed by atoms with Gasteiger partial charge in [0, 0.05) is 24.9 Å². The Hall–Kier alpha value is -5.08. The second-order valence-electron chi connectivity index (χ2n) is 12.7. The molecular weight excluding hydrogens is 824 g/mol. The summed E-state index contributed by atoms with van der Waals surface area (Å²) in [5, 5.41) is 85.5. The van der Waals surface area contributed by atoms with Gasteiger partial charge in [0.05, 0.1) is 24.2 Å². The summed E-state index contributed by atoms with van der Waals surface area (Å²) >= 11 is 0. The molecule has 4 atom stereocenters. The van der Waals surface area contributed by atoms with Gasteiger partial charge in [0.25, 0.3) is 0 Å². The molecule has 0 bridgehead atoms. The third-order valence-electron chi connectivity index (χ3n) is 9.11. The van der Waals surface area contributed by atoms with Crippen molar-refractivity contribution < 1.29 is 85.9 Å². The van der Waals surface area contributed by atoms with Crippen LogP contribution in [-0.4, -0.2) is 80.4 Å². The van der Waals surface area contributed by atoms with E-state index in [2.05, 4.69) is 20.0 Å². The summed E-state index contributed by atoms with van der Waals surface area (Å²) in [5.41, 5.74) is 1.36. The fourth-order valence-corrected chi connectivity index (χ4v) is 6.16. The van der Waals surface area contributed by atoms with Crippen LogP contribution in [0.3, 0.4) is 0 Å². The summed E-state index contributed by atoms with van der Waals surface area (Å²) in [6.07, 6.45) is 13.4. The van der Waals surface area contributed by atoms with Gasteiger partial charge in [0.2, 0.25) is 0 Å². The molecule has 0 saturated heterocycles. The second kappa shape index (κ2) is 23.8. The Balaban J connectivity index is 0.000000523. The molecule has 0 aliphatic heterocycles. The van der Waals surface area contributed by atoms with Gasteiger partial charge in [0.15, 0.2) is 0 Å². The Kier molecular flexibility index (Phi) is 20.8. The molecule has 0 heterocycles. The van der Waals surface area contributed by atoms with Crippen LogP contribution in [0.25, 0.3) is 0 Å². The molecule has 306 valence electrons. The van der Waals surface area contributed by atoms with Crippen molar-refractivity contribution in [1.82, 2.24) is 0 Å². The monoisotopic (exact) mass is 866 g/mol. The Morgan fingerprint density at radius 3 is 0.786 bits per heavy atom. The SMILES string of the molecule is O.O.[Cu+2].[Cu+2].[O-]c1c(O)cccc1C=N[C@@H]1CCCC[C@H]1N=Cc1cccc(O)c1[O-].[O-]c1c(O)cccc1C=N[C@@H]1CCCC[C@H]1N=Cc1cccc(O)c1[O-]. The minimum atomic E-state index is -0.442. The van der Waals surface area contributed by atoms with Crippen LogP contribution in [0.15, 0.2) is 92.8 Å². The molecule has 56 heavy (non-hydrogen) atoms. The Morgan fingerprint density at radius 1 is 0.393 bits per heavy atom. The number of hydrogen-bond acceptors (Lipinski definition) is 12. The van der Waals surface area contributed by atoms with Crippen molar-refractivity contribution in [2.45, 2.75) is 75.5 Å². The molecular formula is C40H44Cu2N4O10. The molecule has 2 radical (unpaired) electrons. The van der Waals surface area contributed by atoms with Crippen molar-refractivity contribution in [1.29, 1.82) is 0 Å². The van der Waals surface area contributed by atoms with Crippen LogP contribution < -0.4 is 20.4 Å². The third-order valence-corrected chi connectivity index (χ3v) is 9.11. The van der Waals surface area contributed by atoms with E-state index in [4.69, 9.17) is 0 Å². The first-order chi connectivity index (χ1) is 25.1. The van der Waals surface area contributed by atoms with E-state index in [9.17, 15) is 40.9 Å². The zero-order valence-electron chi connectivity index (χ0n) is 30.0. The predicted molar refractivity (Wildman–Crippen MR) is 200 cm³/mol. The van der Waals surface area contributed by atoms with Gasteiger partial charge in [-0.3, -0.25) is 20.0 Å². The average molecular weight is 868 g/mol. The number of phenolic OH excluding ortho intramolecular Hbond substituents is 4. The Morgan fingerprint density at radius 2 is 0.589 bits per heavy atom. The van der Waals surface area contributed by atoms with Crippen molar-refractivity contribution in [3.63, 3.8) is 0 Å². The summed E-state index contributed by atoms with van der Waals surface area (Å²) < 4.78 is 0. The number of benzene rings is 4. The van der Waals surface area contributed by atoms with Crippen LogP contribution in [0, 0.1) is 0 Å². The van der Waals surface area contributed by atoms with Crippen molar-refractivity contribution in [3.05, 3.63) is 95.1 Å². The first kappa shape index (κ1) is 48.9. The fraction of sp³-hybridized carbons (Fsp3) is 0.300. The van der Waals surface area contributed by atoms with Crippen molar-refractivity contribution in [2.24, 2.45) is 20.0 Å². The van der Waals surface area contributed by atoms with E-state index in [0.717, 1.165) is 51.4 Å². The van der Waals surface area contributed by atoms with Crippen LogP contribution >= 0.6 is 0 Å². The van der Waals surface area contributed by atoms with Crippen LogP contribution in [0.4, 0.5) is 0 Å². The van der Waals surface area contributed by atoms with Crippen LogP contribution in [0.1, 0.15) is 73.6 Å². The number of phenols is 4. The Bertz CT molecular complexity index is 1680. The first-order valence-electron chi connectivity index (χ1n) is 17.2. The van der Waals surface area contributed by atoms with Gasteiger partial charge in [-0.25, -0.2) is 0 Å². The zero-order chi connectivity index (χ0) is 37.0. The number of rotatable bonds is 8. The molecule has 2 aliphatic rings. The van der Waals surface area contributed by atoms with Gasteiger partial charge in [-0.15, -0.1) is 0 Å². The van der Waals surface area contributed by atoms with E-state index in [-0.39, 0.29) is 92.3 Å². The molecule has 6 rings (SSSR count). The quantitative estimate of drug-likeness (QED) is 0.150. The second-order valence-corrected chi connectivity index (χ2v) is 12.7. The van der Waals surface area contributed by atoms with Crippen molar-refractivity contribution in [2.75, 3.05) is 0 Å². The van der Waals surface area contributed by atoms with E-state index in [0.29, 0.717) is 22.3 Å². The van der Waals surface area contributed by atoms with E-state index >= 15 is 0 Å². The molecule has 2 aliphatic carbocycles. The van der Waals surface area contributed by atoms with Gasteiger partial charge < -0.3 is 51.8 Å². The van der Waals surface area contributed by atoms with Gasteiger partial charge in [-0.1, -0.05) is 97.2 Å². The molecule has 4 aromatic carbocycles. The van der Waals surface area contributed by atoms with E-state index in [1.165, 1.54) is 49.1 Å². The molecule has 0 spiro atoms. The maximum Gasteiger partial charge on any atom is 2.00 e. The minimum absolute atomic E-state index is 0. The van der Waals surface area contributed by atoms with Gasteiger partial charge >= 0.3 is 34.1 Å². The number of para-hydroxylation sites is 4. The average Bonchev–Trinajstić information content (AvgIpc) is 3.15. The first-order valence-corrected chi connectivity index (χ1v) is 17.2. The molecule has 2 saturated carbocycles. The molecule has 4 aromatic rings. The van der Waals surface area contributed by atoms with E-state index in [1.54, 1.807) is 48.5 Å². The maximum absolute atomic E-state index is 11.9.